The zero-order chi connectivity index (χ0) is 16.9. The summed E-state index contributed by atoms with van der Waals surface area (Å²) in [6.45, 7) is 8.93. The van der Waals surface area contributed by atoms with Gasteiger partial charge in [0.25, 0.3) is 0 Å². The van der Waals surface area contributed by atoms with Gasteiger partial charge in [-0.05, 0) is 45.8 Å². The molecule has 0 radical (unpaired) electrons. The Morgan fingerprint density at radius 2 is 2.12 bits per heavy atom. The van der Waals surface area contributed by atoms with Crippen molar-refractivity contribution in [3.63, 3.8) is 0 Å². The summed E-state index contributed by atoms with van der Waals surface area (Å²) in [6.07, 6.45) is 1.26. The molecule has 1 aromatic carbocycles. The number of nitrogens with one attached hydrogen (secondary N) is 2. The van der Waals surface area contributed by atoms with Crippen LogP contribution in [0.3, 0.4) is 0 Å². The van der Waals surface area contributed by atoms with E-state index in [1.807, 2.05) is 18.2 Å². The lowest BCUT2D eigenvalue weighted by Gasteiger charge is -2.15. The summed E-state index contributed by atoms with van der Waals surface area (Å²) in [4.78, 5) is 7.09. The number of nitrogens with zero attached hydrogens (tertiary/aromatic N) is 2. The Hall–Kier alpha value is -1.28. The minimum absolute atomic E-state index is 0. The van der Waals surface area contributed by atoms with Crippen LogP contribution in [0.2, 0.25) is 0 Å². The lowest BCUT2D eigenvalue weighted by Crippen LogP contribution is -2.40. The highest BCUT2D eigenvalue weighted by molar-refractivity contribution is 14.0. The number of likely N-dealkylation sites (tertiary alicyclic amines) is 1. The minimum atomic E-state index is 0. The van der Waals surface area contributed by atoms with Crippen LogP contribution in [0.4, 0.5) is 0 Å². The van der Waals surface area contributed by atoms with Crippen molar-refractivity contribution in [1.82, 2.24) is 15.5 Å². The van der Waals surface area contributed by atoms with Crippen LogP contribution < -0.4 is 10.6 Å². The SMILES string of the molecule is CCNC(=NCc1oc2ccccc2c1C)NCC1CCN(C)C1.I. The number of aliphatic imine (C=N–C) groups is 1. The lowest BCUT2D eigenvalue weighted by molar-refractivity contribution is 0.394. The molecule has 138 valence electrons. The number of benzene rings is 1. The molecule has 0 aliphatic carbocycles. The van der Waals surface area contributed by atoms with Crippen LogP contribution in [0.15, 0.2) is 33.7 Å². The van der Waals surface area contributed by atoms with Crippen molar-refractivity contribution in [3.8, 4) is 0 Å². The summed E-state index contributed by atoms with van der Waals surface area (Å²) in [5, 5.41) is 7.98. The first kappa shape index (κ1) is 20.0. The molecule has 1 fully saturated rings. The van der Waals surface area contributed by atoms with Crippen LogP contribution >= 0.6 is 24.0 Å². The van der Waals surface area contributed by atoms with Crippen molar-refractivity contribution in [2.75, 3.05) is 33.2 Å². The molecule has 6 heteroatoms. The van der Waals surface area contributed by atoms with Gasteiger partial charge in [-0.25, -0.2) is 4.99 Å². The molecule has 0 spiro atoms. The Balaban J connectivity index is 0.00000225. The molecule has 5 nitrogen and oxygen atoms in total. The summed E-state index contributed by atoms with van der Waals surface area (Å²) >= 11 is 0. The maximum Gasteiger partial charge on any atom is 0.191 e. The highest BCUT2D eigenvalue weighted by Gasteiger charge is 2.19. The molecule has 25 heavy (non-hydrogen) atoms. The van der Waals surface area contributed by atoms with Crippen molar-refractivity contribution < 1.29 is 4.42 Å². The normalized spacial score (nSPS) is 18.4. The summed E-state index contributed by atoms with van der Waals surface area (Å²) in [5.41, 5.74) is 2.12. The maximum absolute atomic E-state index is 5.95. The summed E-state index contributed by atoms with van der Waals surface area (Å²) in [6, 6.07) is 8.15. The van der Waals surface area contributed by atoms with E-state index in [0.29, 0.717) is 12.5 Å². The van der Waals surface area contributed by atoms with E-state index in [1.165, 1.54) is 23.9 Å². The zero-order valence-electron chi connectivity index (χ0n) is 15.3. The number of guanidine groups is 1. The van der Waals surface area contributed by atoms with E-state index in [9.17, 15) is 0 Å². The van der Waals surface area contributed by atoms with Gasteiger partial charge in [-0.2, -0.15) is 0 Å². The monoisotopic (exact) mass is 456 g/mol. The van der Waals surface area contributed by atoms with Crippen LogP contribution in [-0.4, -0.2) is 44.1 Å². The van der Waals surface area contributed by atoms with Gasteiger partial charge in [-0.3, -0.25) is 0 Å². The molecule has 1 aliphatic rings. The van der Waals surface area contributed by atoms with Gasteiger partial charge in [0, 0.05) is 30.6 Å². The minimum Gasteiger partial charge on any atom is -0.459 e. The van der Waals surface area contributed by atoms with E-state index in [-0.39, 0.29) is 24.0 Å². The van der Waals surface area contributed by atoms with Crippen molar-refractivity contribution in [2.24, 2.45) is 10.9 Å². The molecule has 3 rings (SSSR count). The molecule has 2 N–H and O–H groups in total. The van der Waals surface area contributed by atoms with Gasteiger partial charge in [0.1, 0.15) is 17.9 Å². The van der Waals surface area contributed by atoms with E-state index in [1.54, 1.807) is 0 Å². The van der Waals surface area contributed by atoms with Crippen LogP contribution in [0.5, 0.6) is 0 Å². The first-order chi connectivity index (χ1) is 11.7. The number of hydrogen-bond acceptors (Lipinski definition) is 3. The number of hydrogen-bond donors (Lipinski definition) is 2. The highest BCUT2D eigenvalue weighted by Crippen LogP contribution is 2.25. The highest BCUT2D eigenvalue weighted by atomic mass is 127. The number of halogens is 1. The summed E-state index contributed by atoms with van der Waals surface area (Å²) in [5.74, 6) is 2.51. The van der Waals surface area contributed by atoms with Gasteiger partial charge < -0.3 is 20.0 Å². The number of fused-ring (bicyclic) bond motifs is 1. The Morgan fingerprint density at radius 3 is 2.80 bits per heavy atom. The van der Waals surface area contributed by atoms with Gasteiger partial charge in [-0.15, -0.1) is 24.0 Å². The fourth-order valence-corrected chi connectivity index (χ4v) is 3.30. The fraction of sp³-hybridized carbons (Fsp3) is 0.526. The average molecular weight is 456 g/mol. The first-order valence-electron chi connectivity index (χ1n) is 8.85. The molecular weight excluding hydrogens is 427 g/mol. The summed E-state index contributed by atoms with van der Waals surface area (Å²) < 4.78 is 5.95. The Kier molecular flexibility index (Phi) is 7.56. The maximum atomic E-state index is 5.95. The van der Waals surface area contributed by atoms with E-state index in [4.69, 9.17) is 9.41 Å². The molecular formula is C19H29IN4O. The molecule has 2 aromatic rings. The van der Waals surface area contributed by atoms with Gasteiger partial charge in [-0.1, -0.05) is 18.2 Å². The molecule has 1 unspecified atom stereocenters. The first-order valence-corrected chi connectivity index (χ1v) is 8.85. The Bertz CT molecular complexity index is 713. The van der Waals surface area contributed by atoms with Crippen molar-refractivity contribution in [3.05, 3.63) is 35.6 Å². The molecule has 2 heterocycles. The second-order valence-electron chi connectivity index (χ2n) is 6.64. The summed E-state index contributed by atoms with van der Waals surface area (Å²) in [7, 11) is 2.18. The molecule has 0 saturated carbocycles. The molecule has 1 atom stereocenters. The van der Waals surface area contributed by atoms with Gasteiger partial charge in [0.15, 0.2) is 5.96 Å². The van der Waals surface area contributed by atoms with Gasteiger partial charge in [0.05, 0.1) is 0 Å². The third kappa shape index (κ3) is 5.10. The second kappa shape index (κ2) is 9.43. The largest absolute Gasteiger partial charge is 0.459 e. The third-order valence-electron chi connectivity index (χ3n) is 4.71. The molecule has 1 aromatic heterocycles. The average Bonchev–Trinajstić information content (AvgIpc) is 3.14. The molecule has 0 amide bonds. The number of aryl methyl sites for hydroxylation is 1. The molecule has 0 bridgehead atoms. The predicted octanol–water partition coefficient (Wildman–Crippen LogP) is 3.37. The number of rotatable bonds is 5. The van der Waals surface area contributed by atoms with E-state index in [0.717, 1.165) is 36.9 Å². The second-order valence-corrected chi connectivity index (χ2v) is 6.64. The quantitative estimate of drug-likeness (QED) is 0.412. The predicted molar refractivity (Wildman–Crippen MR) is 115 cm³/mol. The Labute approximate surface area is 167 Å². The Morgan fingerprint density at radius 1 is 1.32 bits per heavy atom. The van der Waals surface area contributed by atoms with Crippen LogP contribution in [0, 0.1) is 12.8 Å². The van der Waals surface area contributed by atoms with Crippen LogP contribution in [-0.2, 0) is 6.54 Å². The third-order valence-corrected chi connectivity index (χ3v) is 4.71. The van der Waals surface area contributed by atoms with Crippen molar-refractivity contribution >= 4 is 40.9 Å². The van der Waals surface area contributed by atoms with E-state index < -0.39 is 0 Å². The molecule has 1 aliphatic heterocycles. The van der Waals surface area contributed by atoms with Crippen LogP contribution in [0.1, 0.15) is 24.7 Å². The zero-order valence-corrected chi connectivity index (χ0v) is 17.7. The lowest BCUT2D eigenvalue weighted by atomic mass is 10.1. The topological polar surface area (TPSA) is 52.8 Å². The van der Waals surface area contributed by atoms with Gasteiger partial charge in [0.2, 0.25) is 0 Å². The number of para-hydroxylation sites is 1. The fourth-order valence-electron chi connectivity index (χ4n) is 3.30. The van der Waals surface area contributed by atoms with Crippen LogP contribution in [0.25, 0.3) is 11.0 Å². The smallest absolute Gasteiger partial charge is 0.191 e. The van der Waals surface area contributed by atoms with Crippen molar-refractivity contribution in [1.29, 1.82) is 0 Å². The van der Waals surface area contributed by atoms with Gasteiger partial charge >= 0.3 is 0 Å². The number of furan rings is 1. The van der Waals surface area contributed by atoms with E-state index >= 15 is 0 Å². The molecule has 1 saturated heterocycles. The van der Waals surface area contributed by atoms with Crippen molar-refractivity contribution in [2.45, 2.75) is 26.8 Å². The van der Waals surface area contributed by atoms with E-state index in [2.05, 4.69) is 42.5 Å². The standard InChI is InChI=1S/C19H28N4O.HI/c1-4-20-19(21-11-15-9-10-23(3)13-15)22-12-18-14(2)16-7-5-6-8-17(16)24-18;/h5-8,15H,4,9-13H2,1-3H3,(H2,20,21,22);1H.